The van der Waals surface area contributed by atoms with E-state index in [0.29, 0.717) is 0 Å². The Labute approximate surface area is 65.3 Å². The zero-order valence-electron chi connectivity index (χ0n) is 5.04. The average Bonchev–Trinajstić information content (AvgIpc) is 2.49. The van der Waals surface area contributed by atoms with E-state index in [4.69, 9.17) is 0 Å². The Bertz CT molecular complexity index is 165. The number of rotatable bonds is 1. The molecule has 2 rings (SSSR count). The Kier molecular flexibility index (Phi) is 2.14. The van der Waals surface area contributed by atoms with E-state index in [1.54, 1.807) is 4.88 Å². The molecule has 1 heterocycles. The number of halogens is 1. The topological polar surface area (TPSA) is 0 Å². The van der Waals surface area contributed by atoms with E-state index in [1.165, 1.54) is 12.8 Å². The second-order valence-electron chi connectivity index (χ2n) is 2.29. The van der Waals surface area contributed by atoms with Gasteiger partial charge in [0.15, 0.2) is 0 Å². The molecule has 0 atom stereocenters. The van der Waals surface area contributed by atoms with Crippen LogP contribution in [-0.2, 0) is 0 Å². The van der Waals surface area contributed by atoms with Gasteiger partial charge in [-0.15, -0.1) is 23.7 Å². The van der Waals surface area contributed by atoms with Crippen LogP contribution in [0.4, 0.5) is 0 Å². The molecule has 0 nitrogen and oxygen atoms in total. The van der Waals surface area contributed by atoms with Crippen LogP contribution in [0.3, 0.4) is 0 Å². The third-order valence-electron chi connectivity index (χ3n) is 1.52. The number of thiophene rings is 1. The van der Waals surface area contributed by atoms with Crippen molar-refractivity contribution in [1.29, 1.82) is 0 Å². The van der Waals surface area contributed by atoms with Crippen molar-refractivity contribution >= 4 is 23.7 Å². The van der Waals surface area contributed by atoms with Crippen LogP contribution in [0.25, 0.3) is 0 Å². The molecule has 1 aromatic rings. The summed E-state index contributed by atoms with van der Waals surface area (Å²) in [7, 11) is 0. The standard InChI is InChI=1S/C7H8S.ClH/c1-2-7(8-5-1)6-3-4-6;/h1-2,5-6H,3-4H2;1H. The van der Waals surface area contributed by atoms with E-state index in [2.05, 4.69) is 17.5 Å². The maximum atomic E-state index is 2.24. The molecule has 2 heteroatoms. The molecule has 1 aromatic heterocycles. The van der Waals surface area contributed by atoms with E-state index in [0.717, 1.165) is 5.92 Å². The van der Waals surface area contributed by atoms with Crippen molar-refractivity contribution in [2.45, 2.75) is 18.8 Å². The summed E-state index contributed by atoms with van der Waals surface area (Å²) < 4.78 is 0. The third kappa shape index (κ3) is 1.46. The summed E-state index contributed by atoms with van der Waals surface area (Å²) in [6, 6.07) is 4.38. The van der Waals surface area contributed by atoms with Crippen LogP contribution >= 0.6 is 23.7 Å². The molecular weight excluding hydrogens is 152 g/mol. The lowest BCUT2D eigenvalue weighted by Crippen LogP contribution is -1.62. The lowest BCUT2D eigenvalue weighted by atomic mass is 10.3. The monoisotopic (exact) mass is 160 g/mol. The minimum atomic E-state index is 0. The van der Waals surface area contributed by atoms with Crippen molar-refractivity contribution in [2.75, 3.05) is 0 Å². The fraction of sp³-hybridized carbons (Fsp3) is 0.429. The Balaban J connectivity index is 0.000000405. The van der Waals surface area contributed by atoms with E-state index in [-0.39, 0.29) is 12.4 Å². The Morgan fingerprint density at radius 2 is 2.22 bits per heavy atom. The molecule has 0 amide bonds. The first-order chi connectivity index (χ1) is 3.97. The van der Waals surface area contributed by atoms with E-state index in [1.807, 2.05) is 11.3 Å². The molecule has 50 valence electrons. The third-order valence-corrected chi connectivity index (χ3v) is 2.56. The Morgan fingerprint density at radius 3 is 2.67 bits per heavy atom. The minimum Gasteiger partial charge on any atom is -0.149 e. The highest BCUT2D eigenvalue weighted by Gasteiger charge is 2.23. The predicted molar refractivity (Wildman–Crippen MR) is 43.5 cm³/mol. The second-order valence-corrected chi connectivity index (χ2v) is 3.27. The van der Waals surface area contributed by atoms with Crippen molar-refractivity contribution < 1.29 is 0 Å². The molecule has 0 aliphatic heterocycles. The van der Waals surface area contributed by atoms with E-state index in [9.17, 15) is 0 Å². The van der Waals surface area contributed by atoms with Gasteiger partial charge >= 0.3 is 0 Å². The van der Waals surface area contributed by atoms with E-state index >= 15 is 0 Å². The SMILES string of the molecule is Cl.c1csc(C2CC2)c1. The van der Waals surface area contributed by atoms with Gasteiger partial charge in [0.2, 0.25) is 0 Å². The number of hydrogen-bond donors (Lipinski definition) is 0. The Morgan fingerprint density at radius 1 is 1.44 bits per heavy atom. The average molecular weight is 161 g/mol. The summed E-state index contributed by atoms with van der Waals surface area (Å²) in [6.45, 7) is 0. The van der Waals surface area contributed by atoms with Crippen LogP contribution < -0.4 is 0 Å². The normalized spacial score (nSPS) is 16.9. The van der Waals surface area contributed by atoms with Crippen molar-refractivity contribution in [3.05, 3.63) is 22.4 Å². The predicted octanol–water partition coefficient (Wildman–Crippen LogP) is 3.05. The lowest BCUT2D eigenvalue weighted by molar-refractivity contribution is 1.18. The maximum Gasteiger partial charge on any atom is 0.00761 e. The summed E-state index contributed by atoms with van der Waals surface area (Å²) in [4.78, 5) is 1.59. The zero-order chi connectivity index (χ0) is 5.40. The summed E-state index contributed by atoms with van der Waals surface area (Å²) in [5.74, 6) is 0.954. The zero-order valence-corrected chi connectivity index (χ0v) is 6.67. The first-order valence-corrected chi connectivity index (χ1v) is 3.88. The van der Waals surface area contributed by atoms with Crippen molar-refractivity contribution in [2.24, 2.45) is 0 Å². The van der Waals surface area contributed by atoms with Gasteiger partial charge < -0.3 is 0 Å². The first-order valence-electron chi connectivity index (χ1n) is 3.00. The molecule has 1 aliphatic carbocycles. The minimum absolute atomic E-state index is 0. The smallest absolute Gasteiger partial charge is 0.00761 e. The van der Waals surface area contributed by atoms with Gasteiger partial charge in [-0.2, -0.15) is 0 Å². The van der Waals surface area contributed by atoms with Gasteiger partial charge in [0.05, 0.1) is 0 Å². The summed E-state index contributed by atoms with van der Waals surface area (Å²) in [5, 5.41) is 2.16. The highest BCUT2D eigenvalue weighted by Crippen LogP contribution is 2.41. The molecule has 9 heavy (non-hydrogen) atoms. The highest BCUT2D eigenvalue weighted by molar-refractivity contribution is 7.10. The second kappa shape index (κ2) is 2.72. The molecule has 0 N–H and O–H groups in total. The largest absolute Gasteiger partial charge is 0.149 e. The van der Waals surface area contributed by atoms with Gasteiger partial charge in [-0.25, -0.2) is 0 Å². The highest BCUT2D eigenvalue weighted by atomic mass is 35.5. The van der Waals surface area contributed by atoms with Crippen LogP contribution in [0.15, 0.2) is 17.5 Å². The molecule has 1 aliphatic rings. The van der Waals surface area contributed by atoms with Gasteiger partial charge in [0.25, 0.3) is 0 Å². The van der Waals surface area contributed by atoms with Crippen LogP contribution in [0.2, 0.25) is 0 Å². The quantitative estimate of drug-likeness (QED) is 0.593. The van der Waals surface area contributed by atoms with Gasteiger partial charge in [-0.3, -0.25) is 0 Å². The van der Waals surface area contributed by atoms with Gasteiger partial charge in [0, 0.05) is 4.88 Å². The summed E-state index contributed by atoms with van der Waals surface area (Å²) >= 11 is 1.89. The molecular formula is C7H9ClS. The van der Waals surface area contributed by atoms with Crippen molar-refractivity contribution in [3.8, 4) is 0 Å². The molecule has 0 aromatic carbocycles. The van der Waals surface area contributed by atoms with Crippen LogP contribution in [0.5, 0.6) is 0 Å². The number of hydrogen-bond acceptors (Lipinski definition) is 1. The van der Waals surface area contributed by atoms with Gasteiger partial charge in [0.1, 0.15) is 0 Å². The van der Waals surface area contributed by atoms with Gasteiger partial charge in [-0.05, 0) is 30.2 Å². The molecule has 0 bridgehead atoms. The van der Waals surface area contributed by atoms with Crippen LogP contribution in [-0.4, -0.2) is 0 Å². The van der Waals surface area contributed by atoms with Gasteiger partial charge in [-0.1, -0.05) is 6.07 Å². The Hall–Kier alpha value is -0.0100. The van der Waals surface area contributed by atoms with E-state index < -0.39 is 0 Å². The fourth-order valence-corrected chi connectivity index (χ4v) is 1.79. The molecule has 0 spiro atoms. The molecule has 1 saturated carbocycles. The fourth-order valence-electron chi connectivity index (χ4n) is 0.891. The molecule has 0 radical (unpaired) electrons. The molecule has 1 fully saturated rings. The summed E-state index contributed by atoms with van der Waals surface area (Å²) in [5.41, 5.74) is 0. The van der Waals surface area contributed by atoms with Crippen molar-refractivity contribution in [3.63, 3.8) is 0 Å². The lowest BCUT2D eigenvalue weighted by Gasteiger charge is -1.82. The molecule has 0 saturated heterocycles. The van der Waals surface area contributed by atoms with Crippen LogP contribution in [0, 0.1) is 0 Å². The first kappa shape index (κ1) is 7.10. The van der Waals surface area contributed by atoms with Crippen LogP contribution in [0.1, 0.15) is 23.6 Å². The molecule has 0 unspecified atom stereocenters. The maximum absolute atomic E-state index is 2.24. The van der Waals surface area contributed by atoms with Crippen molar-refractivity contribution in [1.82, 2.24) is 0 Å². The summed E-state index contributed by atoms with van der Waals surface area (Å²) in [6.07, 6.45) is 2.86.